The number of hydrogen-bond donors (Lipinski definition) is 9. The first kappa shape index (κ1) is 29.9. The maximum Gasteiger partial charge on any atom is 0.356 e. The third-order valence-electron chi connectivity index (χ3n) is 7.29. The van der Waals surface area contributed by atoms with Gasteiger partial charge in [-0.1, -0.05) is 18.2 Å². The summed E-state index contributed by atoms with van der Waals surface area (Å²) in [6.07, 6.45) is 0.247. The van der Waals surface area contributed by atoms with E-state index in [2.05, 4.69) is 10.1 Å². The van der Waals surface area contributed by atoms with E-state index in [0.717, 1.165) is 6.07 Å². The quantitative estimate of drug-likeness (QED) is 0.116. The van der Waals surface area contributed by atoms with Crippen molar-refractivity contribution in [1.82, 2.24) is 15.1 Å². The summed E-state index contributed by atoms with van der Waals surface area (Å²) in [7, 11) is 0. The van der Waals surface area contributed by atoms with Crippen LogP contribution in [0, 0.1) is 5.82 Å². The Morgan fingerprint density at radius 1 is 0.976 bits per heavy atom. The van der Waals surface area contributed by atoms with Gasteiger partial charge < -0.3 is 50.5 Å². The topological polar surface area (TPSA) is 250 Å². The van der Waals surface area contributed by atoms with Gasteiger partial charge in [0.25, 0.3) is 5.91 Å². The number of rotatable bonds is 6. The molecular formula is C25H26FN3O13. The highest BCUT2D eigenvalue weighted by Gasteiger charge is 2.74. The van der Waals surface area contributed by atoms with Crippen molar-refractivity contribution in [2.45, 2.75) is 62.3 Å². The molecule has 0 saturated carbocycles. The normalized spacial score (nSPS) is 24.4. The first-order valence-corrected chi connectivity index (χ1v) is 12.4. The molecule has 226 valence electrons. The van der Waals surface area contributed by atoms with E-state index in [0.29, 0.717) is 5.56 Å². The minimum Gasteiger partial charge on any atom is -0.488 e. The lowest BCUT2D eigenvalue weighted by molar-refractivity contribution is -0.659. The molecule has 42 heavy (non-hydrogen) atoms. The lowest BCUT2D eigenvalue weighted by atomic mass is 10.0. The second-order valence-electron chi connectivity index (χ2n) is 10.1. The molecule has 0 aromatic heterocycles. The zero-order valence-electron chi connectivity index (χ0n) is 21.5. The monoisotopic (exact) mass is 595 g/mol. The van der Waals surface area contributed by atoms with Crippen molar-refractivity contribution in [2.24, 2.45) is 0 Å². The predicted molar refractivity (Wildman–Crippen MR) is 129 cm³/mol. The highest BCUT2D eigenvalue weighted by molar-refractivity contribution is 6.05. The fourth-order valence-corrected chi connectivity index (χ4v) is 4.96. The Bertz CT molecular complexity index is 1440. The molecule has 3 heterocycles. The van der Waals surface area contributed by atoms with Crippen LogP contribution in [-0.4, -0.2) is 98.2 Å². The molecule has 2 fully saturated rings. The minimum atomic E-state index is -4.14. The van der Waals surface area contributed by atoms with Crippen LogP contribution in [0.5, 0.6) is 5.75 Å². The summed E-state index contributed by atoms with van der Waals surface area (Å²) in [4.78, 5) is 37.7. The summed E-state index contributed by atoms with van der Waals surface area (Å²) < 4.78 is 24.6. The van der Waals surface area contributed by atoms with Crippen molar-refractivity contribution in [2.75, 3.05) is 0 Å². The van der Waals surface area contributed by atoms with Crippen LogP contribution in [0.1, 0.15) is 39.9 Å². The summed E-state index contributed by atoms with van der Waals surface area (Å²) in [5.41, 5.74) is 0.462. The maximum absolute atomic E-state index is 15.0. The van der Waals surface area contributed by atoms with Crippen molar-refractivity contribution in [3.63, 3.8) is 0 Å². The average Bonchev–Trinajstić information content (AvgIpc) is 3.22. The van der Waals surface area contributed by atoms with E-state index in [9.17, 15) is 55.2 Å². The number of carbonyl (C=O) groups excluding carboxylic acids is 3. The van der Waals surface area contributed by atoms with Gasteiger partial charge in [0.1, 0.15) is 24.2 Å². The van der Waals surface area contributed by atoms with Gasteiger partial charge in [0.05, 0.1) is 6.54 Å². The molecule has 16 nitrogen and oxygen atoms in total. The fraction of sp³-hybridized carbons (Fsp3) is 0.400. The molecule has 3 aliphatic heterocycles. The molecule has 3 amide bonds. The minimum absolute atomic E-state index is 0.0140. The first-order chi connectivity index (χ1) is 19.5. The van der Waals surface area contributed by atoms with Crippen LogP contribution >= 0.6 is 0 Å². The fourth-order valence-electron chi connectivity index (χ4n) is 4.96. The van der Waals surface area contributed by atoms with Crippen LogP contribution in [0.3, 0.4) is 0 Å². The van der Waals surface area contributed by atoms with E-state index in [-0.39, 0.29) is 53.3 Å². The molecule has 0 aliphatic carbocycles. The number of aliphatic hydroxyl groups is 8. The largest absolute Gasteiger partial charge is 0.488 e. The van der Waals surface area contributed by atoms with Crippen molar-refractivity contribution in [3.8, 4) is 5.75 Å². The zero-order valence-corrected chi connectivity index (χ0v) is 21.5. The SMILES string of the molecule is O=C1CCC(N2Cc3c(OCc4ccc(CN5C(O)(O)C(O)(O)OC(O)(O)C5(O)O)cc4F)cccc3C2=O)C(=O)N1. The summed E-state index contributed by atoms with van der Waals surface area (Å²) in [6, 6.07) is 6.93. The van der Waals surface area contributed by atoms with E-state index in [4.69, 9.17) is 4.74 Å². The van der Waals surface area contributed by atoms with Gasteiger partial charge in [-0.15, -0.1) is 0 Å². The predicted octanol–water partition coefficient (Wildman–Crippen LogP) is -3.45. The maximum atomic E-state index is 15.0. The van der Waals surface area contributed by atoms with E-state index in [1.807, 2.05) is 0 Å². The molecular weight excluding hydrogens is 569 g/mol. The average molecular weight is 595 g/mol. The van der Waals surface area contributed by atoms with Gasteiger partial charge >= 0.3 is 23.8 Å². The number of carbonyl (C=O) groups is 3. The van der Waals surface area contributed by atoms with Crippen LogP contribution in [0.25, 0.3) is 0 Å². The molecule has 2 aromatic carbocycles. The Labute approximate surface area is 235 Å². The summed E-state index contributed by atoms with van der Waals surface area (Å²) in [6.45, 7) is -1.44. The zero-order chi connectivity index (χ0) is 30.8. The number of morpholine rings is 1. The number of hydrogen-bond acceptors (Lipinski definition) is 14. The molecule has 9 N–H and O–H groups in total. The second-order valence-corrected chi connectivity index (χ2v) is 10.1. The molecule has 17 heteroatoms. The molecule has 2 saturated heterocycles. The first-order valence-electron chi connectivity index (χ1n) is 12.4. The highest BCUT2D eigenvalue weighted by Crippen LogP contribution is 2.42. The summed E-state index contributed by atoms with van der Waals surface area (Å²) in [5, 5.41) is 81.3. The Morgan fingerprint density at radius 3 is 2.26 bits per heavy atom. The Morgan fingerprint density at radius 2 is 1.64 bits per heavy atom. The number of halogens is 1. The number of fused-ring (bicyclic) bond motifs is 1. The van der Waals surface area contributed by atoms with Crippen LogP contribution in [-0.2, 0) is 34.0 Å². The number of piperidine rings is 1. The van der Waals surface area contributed by atoms with Gasteiger partial charge in [-0.3, -0.25) is 24.4 Å². The summed E-state index contributed by atoms with van der Waals surface area (Å²) >= 11 is 0. The standard InChI is InChI=1S/C25H26FN3O13/c26-16-8-12(9-29-22(33,34)24(37,38)42-25(39,40)23(29,35)36)4-5-13(16)11-41-18-3-1-2-14-15(18)10-28(21(14)32)17-6-7-19(30)27-20(17)31/h1-5,8,17,33-40H,6-7,9-11H2,(H,27,30,31). The molecule has 0 bridgehead atoms. The van der Waals surface area contributed by atoms with E-state index < -0.39 is 59.9 Å². The molecule has 5 rings (SSSR count). The van der Waals surface area contributed by atoms with E-state index in [1.165, 1.54) is 17.0 Å². The van der Waals surface area contributed by atoms with Crippen LogP contribution < -0.4 is 10.1 Å². The van der Waals surface area contributed by atoms with Crippen molar-refractivity contribution in [1.29, 1.82) is 0 Å². The van der Waals surface area contributed by atoms with E-state index >= 15 is 4.39 Å². The van der Waals surface area contributed by atoms with Crippen LogP contribution in [0.2, 0.25) is 0 Å². The second kappa shape index (κ2) is 9.99. The van der Waals surface area contributed by atoms with Gasteiger partial charge in [0.15, 0.2) is 0 Å². The van der Waals surface area contributed by atoms with Crippen LogP contribution in [0.4, 0.5) is 4.39 Å². The van der Waals surface area contributed by atoms with Crippen LogP contribution in [0.15, 0.2) is 36.4 Å². The highest BCUT2D eigenvalue weighted by atomic mass is 19.1. The number of amides is 3. The molecule has 1 unspecified atom stereocenters. The molecule has 3 aliphatic rings. The van der Waals surface area contributed by atoms with Gasteiger partial charge in [0.2, 0.25) is 11.8 Å². The van der Waals surface area contributed by atoms with Crippen molar-refractivity contribution in [3.05, 3.63) is 64.5 Å². The van der Waals surface area contributed by atoms with Crippen molar-refractivity contribution < 1.29 is 69.1 Å². The summed E-state index contributed by atoms with van der Waals surface area (Å²) in [5.74, 6) is -18.5. The molecule has 0 spiro atoms. The lowest BCUT2D eigenvalue weighted by Crippen LogP contribution is -2.83. The van der Waals surface area contributed by atoms with Crippen molar-refractivity contribution >= 4 is 17.7 Å². The molecule has 1 atom stereocenters. The lowest BCUT2D eigenvalue weighted by Gasteiger charge is -2.55. The number of benzene rings is 2. The number of nitrogens with zero attached hydrogens (tertiary/aromatic N) is 2. The Kier molecular flexibility index (Phi) is 7.10. The van der Waals surface area contributed by atoms with Gasteiger partial charge in [-0.25, -0.2) is 4.39 Å². The smallest absolute Gasteiger partial charge is 0.356 e. The number of nitrogens with one attached hydrogen (secondary N) is 1. The number of imide groups is 1. The third kappa shape index (κ3) is 4.80. The van der Waals surface area contributed by atoms with Gasteiger partial charge in [-0.05, 0) is 30.2 Å². The Balaban J connectivity index is 1.31. The number of ether oxygens (including phenoxy) is 2. The third-order valence-corrected chi connectivity index (χ3v) is 7.29. The van der Waals surface area contributed by atoms with Gasteiger partial charge in [0, 0.05) is 29.7 Å². The molecule has 0 radical (unpaired) electrons. The Hall–Kier alpha value is -3.62. The van der Waals surface area contributed by atoms with E-state index in [1.54, 1.807) is 18.2 Å². The molecule has 2 aromatic rings. The van der Waals surface area contributed by atoms with Gasteiger partial charge in [-0.2, -0.15) is 4.90 Å².